The molecule has 5 rings (SSSR count). The van der Waals surface area contributed by atoms with Gasteiger partial charge in [-0.1, -0.05) is 23.7 Å². The van der Waals surface area contributed by atoms with Crippen molar-refractivity contribution >= 4 is 17.7 Å². The summed E-state index contributed by atoms with van der Waals surface area (Å²) in [5, 5.41) is 19.0. The van der Waals surface area contributed by atoms with Crippen LogP contribution in [0.1, 0.15) is 48.8 Å². The first-order valence-corrected chi connectivity index (χ1v) is 11.0. The molecule has 1 aromatic heterocycles. The summed E-state index contributed by atoms with van der Waals surface area (Å²) in [5.74, 6) is 1.49. The molecule has 0 atom stereocenters. The van der Waals surface area contributed by atoms with Crippen molar-refractivity contribution in [1.29, 1.82) is 0 Å². The molecule has 1 saturated carbocycles. The molecular weight excluding hydrogens is 435 g/mol. The highest BCUT2D eigenvalue weighted by Gasteiger charge is 2.32. The molecule has 0 saturated heterocycles. The lowest BCUT2D eigenvalue weighted by atomic mass is 9.86. The Bertz CT molecular complexity index is 1160. The lowest BCUT2D eigenvalue weighted by Gasteiger charge is -2.29. The van der Waals surface area contributed by atoms with Gasteiger partial charge in [-0.05, 0) is 61.6 Å². The van der Waals surface area contributed by atoms with Gasteiger partial charge in [0.25, 0.3) is 0 Å². The molecule has 1 aliphatic carbocycles. The van der Waals surface area contributed by atoms with E-state index < -0.39 is 6.09 Å². The first-order valence-electron chi connectivity index (χ1n) is 10.6. The van der Waals surface area contributed by atoms with E-state index in [0.717, 1.165) is 42.8 Å². The average molecular weight is 457 g/mol. The predicted octanol–water partition coefficient (Wildman–Crippen LogP) is 5.16. The van der Waals surface area contributed by atoms with Gasteiger partial charge < -0.3 is 9.84 Å². The Balaban J connectivity index is 1.40. The van der Waals surface area contributed by atoms with Crippen molar-refractivity contribution in [3.63, 3.8) is 0 Å². The summed E-state index contributed by atoms with van der Waals surface area (Å²) in [5.41, 5.74) is 1.68. The molecular formula is C23H22ClFN4O3. The first-order chi connectivity index (χ1) is 15.5. The Hall–Kier alpha value is -3.13. The van der Waals surface area contributed by atoms with Crippen molar-refractivity contribution in [2.45, 2.75) is 50.8 Å². The monoisotopic (exact) mass is 456 g/mol. The minimum atomic E-state index is -1.01. The number of benzene rings is 2. The van der Waals surface area contributed by atoms with Crippen LogP contribution in [-0.4, -0.2) is 37.0 Å². The van der Waals surface area contributed by atoms with E-state index in [9.17, 15) is 14.3 Å². The zero-order chi connectivity index (χ0) is 22.2. The topological polar surface area (TPSA) is 80.5 Å². The van der Waals surface area contributed by atoms with Crippen LogP contribution in [0.25, 0.3) is 5.69 Å². The van der Waals surface area contributed by atoms with Crippen LogP contribution in [0.15, 0.2) is 42.5 Å². The van der Waals surface area contributed by atoms with Gasteiger partial charge in [0, 0.05) is 10.9 Å². The molecule has 0 spiro atoms. The van der Waals surface area contributed by atoms with Gasteiger partial charge in [-0.2, -0.15) is 0 Å². The molecule has 7 nitrogen and oxygen atoms in total. The van der Waals surface area contributed by atoms with E-state index in [1.54, 1.807) is 30.3 Å². The second-order valence-electron chi connectivity index (χ2n) is 8.24. The quantitative estimate of drug-likeness (QED) is 0.589. The molecule has 1 aliphatic heterocycles. The third-order valence-corrected chi connectivity index (χ3v) is 6.41. The smallest absolute Gasteiger partial charge is 0.408 e. The number of carboxylic acid groups (broad SMARTS) is 1. The number of hydrogen-bond acceptors (Lipinski definition) is 4. The van der Waals surface area contributed by atoms with E-state index in [4.69, 9.17) is 16.3 Å². The molecule has 3 aromatic rings. The van der Waals surface area contributed by atoms with Gasteiger partial charge in [0.05, 0.1) is 24.9 Å². The van der Waals surface area contributed by atoms with E-state index in [2.05, 4.69) is 10.2 Å². The second-order valence-corrected chi connectivity index (χ2v) is 8.68. The maximum absolute atomic E-state index is 13.9. The fourth-order valence-electron chi connectivity index (χ4n) is 4.58. The summed E-state index contributed by atoms with van der Waals surface area (Å²) in [4.78, 5) is 13.0. The standard InChI is InChI=1S/C23H22ClFN4O3/c24-16-7-10-19-15(11-16)12-28(23(30)31)13-21-26-27-22(29(19)21)14-5-8-17(9-6-14)32-20-4-2-1-3-18(20)25/h1-4,7,10-11,14,17H,5-6,8-9,12-13H2,(H,30,31). The van der Waals surface area contributed by atoms with Crippen LogP contribution >= 0.6 is 11.6 Å². The van der Waals surface area contributed by atoms with Crippen LogP contribution in [-0.2, 0) is 13.1 Å². The number of rotatable bonds is 3. The third-order valence-electron chi connectivity index (χ3n) is 6.17. The van der Waals surface area contributed by atoms with Crippen molar-refractivity contribution in [2.75, 3.05) is 0 Å². The second kappa shape index (κ2) is 8.43. The lowest BCUT2D eigenvalue weighted by Crippen LogP contribution is -2.28. The van der Waals surface area contributed by atoms with Crippen molar-refractivity contribution in [1.82, 2.24) is 19.7 Å². The highest BCUT2D eigenvalue weighted by molar-refractivity contribution is 6.30. The summed E-state index contributed by atoms with van der Waals surface area (Å²) in [7, 11) is 0. The maximum Gasteiger partial charge on any atom is 0.408 e. The molecule has 2 aliphatic rings. The summed E-state index contributed by atoms with van der Waals surface area (Å²) in [6, 6.07) is 11.9. The molecule has 0 unspecified atom stereocenters. The number of hydrogen-bond donors (Lipinski definition) is 1. The van der Waals surface area contributed by atoms with Gasteiger partial charge in [-0.3, -0.25) is 9.47 Å². The number of amides is 1. The zero-order valence-electron chi connectivity index (χ0n) is 17.2. The summed E-state index contributed by atoms with van der Waals surface area (Å²) >= 11 is 6.19. The molecule has 32 heavy (non-hydrogen) atoms. The van der Waals surface area contributed by atoms with Crippen LogP contribution in [0, 0.1) is 5.82 Å². The Morgan fingerprint density at radius 3 is 2.62 bits per heavy atom. The maximum atomic E-state index is 13.9. The van der Waals surface area contributed by atoms with Crippen LogP contribution in [0.5, 0.6) is 5.75 Å². The fraction of sp³-hybridized carbons (Fsp3) is 0.348. The van der Waals surface area contributed by atoms with E-state index in [0.29, 0.717) is 10.8 Å². The Labute approximate surface area is 189 Å². The minimum absolute atomic E-state index is 0.0525. The van der Waals surface area contributed by atoms with Crippen LogP contribution in [0.3, 0.4) is 0 Å². The molecule has 0 radical (unpaired) electrons. The number of carbonyl (C=O) groups is 1. The van der Waals surface area contributed by atoms with Crippen LogP contribution in [0.4, 0.5) is 9.18 Å². The van der Waals surface area contributed by atoms with Crippen molar-refractivity contribution in [2.24, 2.45) is 0 Å². The third kappa shape index (κ3) is 3.90. The van der Waals surface area contributed by atoms with Crippen LogP contribution < -0.4 is 4.74 Å². The molecule has 1 amide bonds. The SMILES string of the molecule is O=C(O)N1Cc2cc(Cl)ccc2-n2c(nnc2C2CCC(Oc3ccccc3F)CC2)C1. The average Bonchev–Trinajstić information content (AvgIpc) is 3.11. The van der Waals surface area contributed by atoms with Gasteiger partial charge in [0.15, 0.2) is 17.4 Å². The number of ether oxygens (including phenoxy) is 1. The van der Waals surface area contributed by atoms with Gasteiger partial charge in [-0.15, -0.1) is 10.2 Å². The Morgan fingerprint density at radius 2 is 1.88 bits per heavy atom. The number of fused-ring (bicyclic) bond motifs is 3. The van der Waals surface area contributed by atoms with Gasteiger partial charge in [-0.25, -0.2) is 9.18 Å². The van der Waals surface area contributed by atoms with E-state index in [1.165, 1.54) is 11.0 Å². The van der Waals surface area contributed by atoms with Crippen LogP contribution in [0.2, 0.25) is 5.02 Å². The largest absolute Gasteiger partial charge is 0.487 e. The molecule has 9 heteroatoms. The minimum Gasteiger partial charge on any atom is -0.487 e. The number of aromatic nitrogens is 3. The first kappa shape index (κ1) is 20.8. The zero-order valence-corrected chi connectivity index (χ0v) is 18.0. The normalized spacial score (nSPS) is 20.2. The molecule has 0 bridgehead atoms. The molecule has 1 fully saturated rings. The Morgan fingerprint density at radius 1 is 1.09 bits per heavy atom. The van der Waals surface area contributed by atoms with E-state index in [1.807, 2.05) is 10.6 Å². The number of nitrogens with zero attached hydrogens (tertiary/aromatic N) is 4. The fourth-order valence-corrected chi connectivity index (χ4v) is 4.78. The summed E-state index contributed by atoms with van der Waals surface area (Å²) in [6.07, 6.45) is 2.13. The Kier molecular flexibility index (Phi) is 5.46. The predicted molar refractivity (Wildman–Crippen MR) is 116 cm³/mol. The van der Waals surface area contributed by atoms with Crippen molar-refractivity contribution in [3.8, 4) is 11.4 Å². The molecule has 2 aromatic carbocycles. The highest BCUT2D eigenvalue weighted by atomic mass is 35.5. The highest BCUT2D eigenvalue weighted by Crippen LogP contribution is 2.37. The number of para-hydroxylation sites is 1. The van der Waals surface area contributed by atoms with Gasteiger partial charge in [0.1, 0.15) is 5.82 Å². The lowest BCUT2D eigenvalue weighted by molar-refractivity contribution is 0.138. The van der Waals surface area contributed by atoms with Gasteiger partial charge >= 0.3 is 6.09 Å². The molecule has 2 heterocycles. The number of halogens is 2. The van der Waals surface area contributed by atoms with E-state index >= 15 is 0 Å². The summed E-state index contributed by atoms with van der Waals surface area (Å²) in [6.45, 7) is 0.387. The molecule has 166 valence electrons. The van der Waals surface area contributed by atoms with Gasteiger partial charge in [0.2, 0.25) is 0 Å². The summed E-state index contributed by atoms with van der Waals surface area (Å²) < 4.78 is 21.8. The molecule has 1 N–H and O–H groups in total. The van der Waals surface area contributed by atoms with Crippen molar-refractivity contribution in [3.05, 3.63) is 70.5 Å². The van der Waals surface area contributed by atoms with Crippen molar-refractivity contribution < 1.29 is 19.0 Å². The van der Waals surface area contributed by atoms with E-state index in [-0.39, 0.29) is 36.7 Å².